The van der Waals surface area contributed by atoms with Crippen LogP contribution in [-0.2, 0) is 9.59 Å². The van der Waals surface area contributed by atoms with E-state index >= 15 is 0 Å². The van der Waals surface area contributed by atoms with Crippen molar-refractivity contribution in [3.05, 3.63) is 29.8 Å². The van der Waals surface area contributed by atoms with Gasteiger partial charge in [-0.1, -0.05) is 12.1 Å². The topological polar surface area (TPSA) is 133 Å². The number of hydrogen-bond acceptors (Lipinski definition) is 5. The standard InChI is InChI=1S/C13H13N3O4S/c14-5-6-21-10-4-2-1-3-8(10)12(18)16-9(13(19)20)7-11(15)17/h1-4,9H,6-7H2,(H2,15,17)(H,16,18)(H,19,20)/t9-/m1/s1. The maximum absolute atomic E-state index is 12.1. The number of nitrogens with one attached hydrogen (secondary N) is 1. The highest BCUT2D eigenvalue weighted by molar-refractivity contribution is 7.99. The van der Waals surface area contributed by atoms with E-state index in [4.69, 9.17) is 16.1 Å². The number of aliphatic carboxylic acids is 1. The van der Waals surface area contributed by atoms with Crippen LogP contribution >= 0.6 is 11.8 Å². The summed E-state index contributed by atoms with van der Waals surface area (Å²) in [7, 11) is 0. The first-order chi connectivity index (χ1) is 9.95. The van der Waals surface area contributed by atoms with Crippen LogP contribution in [0.1, 0.15) is 16.8 Å². The molecule has 1 atom stereocenters. The Kier molecular flexibility index (Phi) is 6.23. The maximum Gasteiger partial charge on any atom is 0.326 e. The van der Waals surface area contributed by atoms with E-state index < -0.39 is 30.2 Å². The van der Waals surface area contributed by atoms with Gasteiger partial charge in [-0.3, -0.25) is 9.59 Å². The van der Waals surface area contributed by atoms with E-state index in [1.165, 1.54) is 6.07 Å². The molecule has 8 heteroatoms. The lowest BCUT2D eigenvalue weighted by molar-refractivity contribution is -0.140. The Morgan fingerprint density at radius 3 is 2.62 bits per heavy atom. The molecule has 0 spiro atoms. The zero-order valence-electron chi connectivity index (χ0n) is 10.9. The molecular formula is C13H13N3O4S. The van der Waals surface area contributed by atoms with Gasteiger partial charge in [-0.2, -0.15) is 5.26 Å². The molecule has 0 saturated heterocycles. The highest BCUT2D eigenvalue weighted by Gasteiger charge is 2.23. The highest BCUT2D eigenvalue weighted by atomic mass is 32.2. The minimum absolute atomic E-state index is 0.161. The molecule has 0 aliphatic carbocycles. The normalized spacial score (nSPS) is 11.2. The molecule has 1 aromatic carbocycles. The van der Waals surface area contributed by atoms with Gasteiger partial charge in [-0.25, -0.2) is 4.79 Å². The Hall–Kier alpha value is -2.53. The number of nitriles is 1. The van der Waals surface area contributed by atoms with Crippen molar-refractivity contribution < 1.29 is 19.5 Å². The van der Waals surface area contributed by atoms with Gasteiger partial charge in [0.05, 0.1) is 23.8 Å². The van der Waals surface area contributed by atoms with E-state index in [2.05, 4.69) is 5.32 Å². The predicted molar refractivity (Wildman–Crippen MR) is 75.5 cm³/mol. The van der Waals surface area contributed by atoms with Gasteiger partial charge in [-0.05, 0) is 12.1 Å². The van der Waals surface area contributed by atoms with Crippen molar-refractivity contribution in [2.24, 2.45) is 5.73 Å². The van der Waals surface area contributed by atoms with Gasteiger partial charge in [0, 0.05) is 4.90 Å². The van der Waals surface area contributed by atoms with Crippen LogP contribution in [0, 0.1) is 11.3 Å². The molecule has 0 aliphatic heterocycles. The average Bonchev–Trinajstić information content (AvgIpc) is 2.44. The molecule has 1 aromatic rings. The second-order valence-corrected chi connectivity index (χ2v) is 4.99. The van der Waals surface area contributed by atoms with Crippen molar-refractivity contribution in [3.63, 3.8) is 0 Å². The van der Waals surface area contributed by atoms with E-state index in [0.717, 1.165) is 11.8 Å². The fourth-order valence-electron chi connectivity index (χ4n) is 1.53. The molecule has 4 N–H and O–H groups in total. The smallest absolute Gasteiger partial charge is 0.326 e. The number of benzene rings is 1. The quantitative estimate of drug-likeness (QED) is 0.623. The summed E-state index contributed by atoms with van der Waals surface area (Å²) in [5.41, 5.74) is 5.19. The molecule has 2 amide bonds. The van der Waals surface area contributed by atoms with Crippen LogP contribution in [0.15, 0.2) is 29.2 Å². The Labute approximate surface area is 125 Å². The maximum atomic E-state index is 12.1. The fourth-order valence-corrected chi connectivity index (χ4v) is 2.24. The van der Waals surface area contributed by atoms with E-state index in [1.54, 1.807) is 18.2 Å². The first kappa shape index (κ1) is 16.5. The summed E-state index contributed by atoms with van der Waals surface area (Å²) in [5.74, 6) is -2.64. The van der Waals surface area contributed by atoms with Crippen LogP contribution in [0.2, 0.25) is 0 Å². The number of carbonyl (C=O) groups excluding carboxylic acids is 2. The third kappa shape index (κ3) is 5.16. The molecule has 0 aromatic heterocycles. The van der Waals surface area contributed by atoms with Gasteiger partial charge in [0.15, 0.2) is 0 Å². The Morgan fingerprint density at radius 2 is 2.05 bits per heavy atom. The minimum Gasteiger partial charge on any atom is -0.480 e. The lowest BCUT2D eigenvalue weighted by Gasteiger charge is -2.14. The van der Waals surface area contributed by atoms with Gasteiger partial charge in [0.2, 0.25) is 5.91 Å². The zero-order valence-corrected chi connectivity index (χ0v) is 11.7. The molecule has 7 nitrogen and oxygen atoms in total. The summed E-state index contributed by atoms with van der Waals surface area (Å²) in [6.45, 7) is 0. The van der Waals surface area contributed by atoms with Gasteiger partial charge in [0.25, 0.3) is 5.91 Å². The molecule has 0 heterocycles. The molecule has 0 radical (unpaired) electrons. The number of carboxylic acids is 1. The molecule has 0 fully saturated rings. The van der Waals surface area contributed by atoms with Gasteiger partial charge in [-0.15, -0.1) is 11.8 Å². The van der Waals surface area contributed by atoms with Crippen molar-refractivity contribution in [3.8, 4) is 6.07 Å². The van der Waals surface area contributed by atoms with Crippen LogP contribution in [0.25, 0.3) is 0 Å². The second kappa shape index (κ2) is 7.91. The summed E-state index contributed by atoms with van der Waals surface area (Å²) in [4.78, 5) is 34.5. The summed E-state index contributed by atoms with van der Waals surface area (Å²) in [5, 5.41) is 19.8. The van der Waals surface area contributed by atoms with Crippen molar-refractivity contribution in [1.29, 1.82) is 5.26 Å². The van der Waals surface area contributed by atoms with Gasteiger partial charge >= 0.3 is 5.97 Å². The summed E-state index contributed by atoms with van der Waals surface area (Å²) in [6, 6.07) is 7.05. The monoisotopic (exact) mass is 307 g/mol. The fraction of sp³-hybridized carbons (Fsp3) is 0.231. The Bertz CT molecular complexity index is 597. The van der Waals surface area contributed by atoms with Crippen molar-refractivity contribution >= 4 is 29.5 Å². The van der Waals surface area contributed by atoms with Crippen molar-refractivity contribution in [1.82, 2.24) is 5.32 Å². The zero-order chi connectivity index (χ0) is 15.8. The predicted octanol–water partition coefficient (Wildman–Crippen LogP) is 0.361. The van der Waals surface area contributed by atoms with Crippen LogP contribution in [0.4, 0.5) is 0 Å². The van der Waals surface area contributed by atoms with E-state index in [-0.39, 0.29) is 11.3 Å². The molecule has 0 unspecified atom stereocenters. The number of carbonyl (C=O) groups is 3. The number of amides is 2. The molecule has 0 bridgehead atoms. The largest absolute Gasteiger partial charge is 0.480 e. The van der Waals surface area contributed by atoms with Crippen molar-refractivity contribution in [2.45, 2.75) is 17.4 Å². The van der Waals surface area contributed by atoms with E-state index in [1.807, 2.05) is 6.07 Å². The lowest BCUT2D eigenvalue weighted by Crippen LogP contribution is -2.43. The van der Waals surface area contributed by atoms with E-state index in [9.17, 15) is 14.4 Å². The summed E-state index contributed by atoms with van der Waals surface area (Å²) in [6.07, 6.45) is -0.491. The Balaban J connectivity index is 2.90. The molecular weight excluding hydrogens is 294 g/mol. The van der Waals surface area contributed by atoms with Crippen LogP contribution < -0.4 is 11.1 Å². The number of nitrogens with zero attached hydrogens (tertiary/aromatic N) is 1. The number of rotatable bonds is 7. The molecule has 21 heavy (non-hydrogen) atoms. The highest BCUT2D eigenvalue weighted by Crippen LogP contribution is 2.22. The van der Waals surface area contributed by atoms with Crippen LogP contribution in [0.5, 0.6) is 0 Å². The second-order valence-electron chi connectivity index (χ2n) is 3.98. The SMILES string of the molecule is N#CCSc1ccccc1C(=O)N[C@H](CC(N)=O)C(=O)O. The molecule has 0 aliphatic rings. The molecule has 0 saturated carbocycles. The number of primary amides is 1. The third-order valence-corrected chi connectivity index (χ3v) is 3.37. The van der Waals surface area contributed by atoms with E-state index in [0.29, 0.717) is 4.90 Å². The number of nitrogens with two attached hydrogens (primary N) is 1. The first-order valence-electron chi connectivity index (χ1n) is 5.86. The van der Waals surface area contributed by atoms with Gasteiger partial charge < -0.3 is 16.2 Å². The Morgan fingerprint density at radius 1 is 1.38 bits per heavy atom. The van der Waals surface area contributed by atoms with Crippen LogP contribution in [-0.4, -0.2) is 34.7 Å². The van der Waals surface area contributed by atoms with Gasteiger partial charge in [0.1, 0.15) is 6.04 Å². The lowest BCUT2D eigenvalue weighted by atomic mass is 10.1. The third-order valence-electron chi connectivity index (χ3n) is 2.43. The minimum atomic E-state index is -1.39. The number of carboxylic acid groups (broad SMARTS) is 1. The van der Waals surface area contributed by atoms with Crippen LogP contribution in [0.3, 0.4) is 0 Å². The summed E-state index contributed by atoms with van der Waals surface area (Å²) >= 11 is 1.16. The van der Waals surface area contributed by atoms with Crippen molar-refractivity contribution in [2.75, 3.05) is 5.75 Å². The molecule has 1 rings (SSSR count). The first-order valence-corrected chi connectivity index (χ1v) is 6.85. The molecule has 110 valence electrons. The number of thioether (sulfide) groups is 1. The summed E-state index contributed by atoms with van der Waals surface area (Å²) < 4.78 is 0. The average molecular weight is 307 g/mol. The number of hydrogen-bond donors (Lipinski definition) is 3.